The smallest absolute Gasteiger partial charge is 0.418 e. The minimum atomic E-state index is -5.04. The van der Waals surface area contributed by atoms with E-state index in [0.717, 1.165) is 35.4 Å². The second kappa shape index (κ2) is 14.2. The molecule has 1 aromatic carbocycles. The number of oxime groups is 1. The van der Waals surface area contributed by atoms with E-state index in [0.29, 0.717) is 17.4 Å². The van der Waals surface area contributed by atoms with E-state index < -0.39 is 58.2 Å². The number of nitrogen functional groups attached to an aromatic ring is 1. The third-order valence-electron chi connectivity index (χ3n) is 6.91. The molecule has 1 aliphatic rings. The van der Waals surface area contributed by atoms with Crippen LogP contribution >= 0.6 is 22.9 Å². The Labute approximate surface area is 277 Å². The van der Waals surface area contributed by atoms with E-state index in [9.17, 15) is 27.9 Å². The normalized spacial score (nSPS) is 16.8. The molecule has 3 aromatic rings. The lowest BCUT2D eigenvalue weighted by Gasteiger charge is -2.50. The van der Waals surface area contributed by atoms with Gasteiger partial charge in [-0.25, -0.2) is 9.78 Å². The summed E-state index contributed by atoms with van der Waals surface area (Å²) in [6.45, 7) is 3.50. The van der Waals surface area contributed by atoms with Gasteiger partial charge in [0, 0.05) is 0 Å². The van der Waals surface area contributed by atoms with Gasteiger partial charge in [0.25, 0.3) is 17.9 Å². The van der Waals surface area contributed by atoms with E-state index in [4.69, 9.17) is 37.2 Å². The van der Waals surface area contributed by atoms with Crippen LogP contribution in [0, 0.1) is 0 Å². The van der Waals surface area contributed by atoms with Crippen LogP contribution in [0.25, 0.3) is 11.1 Å². The number of anilines is 1. The van der Waals surface area contributed by atoms with Gasteiger partial charge in [0.05, 0.1) is 23.8 Å². The molecule has 2 aromatic heterocycles. The number of hydrogen-bond acceptors (Lipinski definition) is 13. The fourth-order valence-electron chi connectivity index (χ4n) is 4.44. The molecule has 1 unspecified atom stereocenters. The second-order valence-corrected chi connectivity index (χ2v) is 13.3. The average molecular weight is 716 g/mol. The number of rotatable bonds is 15. The number of carbonyl (C=O) groups excluding carboxylic acids is 2. The number of carboxylic acids is 1. The molecule has 1 fully saturated rings. The topological polar surface area (TPSA) is 255 Å². The van der Waals surface area contributed by atoms with Crippen molar-refractivity contribution in [3.63, 3.8) is 0 Å². The molecule has 0 bridgehead atoms. The summed E-state index contributed by atoms with van der Waals surface area (Å²) < 4.78 is 44.9. The summed E-state index contributed by atoms with van der Waals surface area (Å²) in [5.41, 5.74) is 10.8. The number of hydroxylamine groups is 2. The zero-order valence-corrected chi connectivity index (χ0v) is 27.6. The zero-order chi connectivity index (χ0) is 34.7. The van der Waals surface area contributed by atoms with Gasteiger partial charge in [-0.05, 0) is 44.5 Å². The Morgan fingerprint density at radius 2 is 1.96 bits per heavy atom. The Hall–Kier alpha value is -4.34. The van der Waals surface area contributed by atoms with Crippen LogP contribution in [0.3, 0.4) is 0 Å². The fourth-order valence-corrected chi connectivity index (χ4v) is 5.82. The lowest BCUT2D eigenvalue weighted by molar-refractivity contribution is -0.753. The maximum atomic E-state index is 13.3. The van der Waals surface area contributed by atoms with E-state index in [1.165, 1.54) is 13.8 Å². The molecule has 18 nitrogen and oxygen atoms in total. The summed E-state index contributed by atoms with van der Waals surface area (Å²) in [6.07, 6.45) is 3.05. The van der Waals surface area contributed by atoms with Crippen LogP contribution in [-0.2, 0) is 47.5 Å². The van der Waals surface area contributed by atoms with Crippen LogP contribution in [0.5, 0.6) is 5.75 Å². The van der Waals surface area contributed by atoms with Crippen LogP contribution < -0.4 is 26.2 Å². The quantitative estimate of drug-likeness (QED) is 0.0461. The number of nitrogens with zero attached hydrogens (tertiary/aromatic N) is 5. The van der Waals surface area contributed by atoms with E-state index in [-0.39, 0.29) is 15.2 Å². The lowest BCUT2D eigenvalue weighted by Crippen LogP contribution is -2.76. The molecule has 4 rings (SSSR count). The zero-order valence-electron chi connectivity index (χ0n) is 25.2. The van der Waals surface area contributed by atoms with Crippen molar-refractivity contribution in [1.29, 1.82) is 0 Å². The number of amides is 2. The van der Waals surface area contributed by atoms with Crippen LogP contribution in [0.15, 0.2) is 41.8 Å². The summed E-state index contributed by atoms with van der Waals surface area (Å²) in [6, 6.07) is 5.53. The molecule has 2 atom stereocenters. The largest absolute Gasteiger partial charge is 0.489 e. The number of hydrogen-bond donors (Lipinski definition) is 5. The molecule has 0 spiro atoms. The van der Waals surface area contributed by atoms with Crippen LogP contribution in [0.4, 0.5) is 5.13 Å². The van der Waals surface area contributed by atoms with Crippen molar-refractivity contribution < 1.29 is 51.0 Å². The highest BCUT2D eigenvalue weighted by molar-refractivity contribution is 7.80. The number of carboxylic acid groups (broad SMARTS) is 1. The second-order valence-electron chi connectivity index (χ2n) is 10.7. The van der Waals surface area contributed by atoms with Gasteiger partial charge in [0.15, 0.2) is 17.9 Å². The number of aromatic nitrogens is 3. The number of benzene rings is 1. The van der Waals surface area contributed by atoms with Gasteiger partial charge in [-0.2, -0.15) is 18.2 Å². The Morgan fingerprint density at radius 3 is 2.51 bits per heavy atom. The lowest BCUT2D eigenvalue weighted by atomic mass is 9.84. The van der Waals surface area contributed by atoms with E-state index in [2.05, 4.69) is 19.7 Å². The highest BCUT2D eigenvalue weighted by Crippen LogP contribution is 2.33. The third kappa shape index (κ3) is 8.34. The Balaban J connectivity index is 1.47. The number of aliphatic carboxylic acids is 1. The van der Waals surface area contributed by atoms with Crippen molar-refractivity contribution in [3.8, 4) is 16.9 Å². The number of nitrogens with two attached hydrogens (primary N) is 2. The highest BCUT2D eigenvalue weighted by atomic mass is 35.5. The third-order valence-corrected chi connectivity index (χ3v) is 8.33. The predicted octanol–water partition coefficient (Wildman–Crippen LogP) is 0.113. The van der Waals surface area contributed by atoms with Crippen LogP contribution in [0.2, 0.25) is 4.34 Å². The summed E-state index contributed by atoms with van der Waals surface area (Å²) in [5.74, 6) is -3.27. The first-order chi connectivity index (χ1) is 22.0. The molecular formula is C26H32ClN8O10S2+. The minimum Gasteiger partial charge on any atom is -0.489 e. The molecule has 3 heterocycles. The molecule has 0 saturated carbocycles. The average Bonchev–Trinajstić information content (AvgIpc) is 3.54. The summed E-state index contributed by atoms with van der Waals surface area (Å²) >= 11 is 6.97. The van der Waals surface area contributed by atoms with Gasteiger partial charge < -0.3 is 31.5 Å². The van der Waals surface area contributed by atoms with E-state index >= 15 is 0 Å². The van der Waals surface area contributed by atoms with E-state index in [1.54, 1.807) is 24.3 Å². The number of ether oxygens (including phenoxy) is 1. The van der Waals surface area contributed by atoms with Gasteiger partial charge in [0.2, 0.25) is 6.20 Å². The van der Waals surface area contributed by atoms with Crippen molar-refractivity contribution in [3.05, 3.63) is 46.7 Å². The van der Waals surface area contributed by atoms with Crippen molar-refractivity contribution in [2.75, 3.05) is 18.9 Å². The molecule has 254 valence electrons. The number of β-lactam (4-membered cyclic amide) rings is 1. The van der Waals surface area contributed by atoms with Crippen molar-refractivity contribution >= 4 is 62.0 Å². The van der Waals surface area contributed by atoms with E-state index in [1.807, 2.05) is 28.8 Å². The van der Waals surface area contributed by atoms with Crippen LogP contribution in [0.1, 0.15) is 26.0 Å². The molecular weight excluding hydrogens is 684 g/mol. The predicted molar refractivity (Wildman–Crippen MR) is 166 cm³/mol. The van der Waals surface area contributed by atoms with Gasteiger partial charge >= 0.3 is 16.4 Å². The Bertz CT molecular complexity index is 1790. The van der Waals surface area contributed by atoms with Gasteiger partial charge in [-0.3, -0.25) is 14.1 Å². The summed E-state index contributed by atoms with van der Waals surface area (Å²) in [5, 5.41) is 16.1. The Kier molecular flexibility index (Phi) is 10.7. The van der Waals surface area contributed by atoms with Crippen molar-refractivity contribution in [1.82, 2.24) is 20.0 Å². The molecule has 1 saturated heterocycles. The highest BCUT2D eigenvalue weighted by Gasteiger charge is 2.58. The minimum absolute atomic E-state index is 0.0549. The molecule has 21 heteroatoms. The Morgan fingerprint density at radius 1 is 1.28 bits per heavy atom. The molecule has 2 amide bonds. The first-order valence-electron chi connectivity index (χ1n) is 13.7. The molecule has 1 aliphatic heterocycles. The molecule has 0 radical (unpaired) electrons. The fraction of sp³-hybridized carbons (Fsp3) is 0.385. The van der Waals surface area contributed by atoms with Gasteiger partial charge in [0.1, 0.15) is 28.4 Å². The summed E-state index contributed by atoms with van der Waals surface area (Å²) in [7, 11) is -3.12. The molecule has 47 heavy (non-hydrogen) atoms. The SMILES string of the molecule is C[n+]1cc(-c2ccc(OC[C@H](O/N=C(\C(=O)NC3C(=O)N(OS(=O)(=O)O)C3(C)C)c3nc(N)sc3Cl)C(=O)O)cc2)cn1CCCN. The number of thiazole rings is 1. The summed E-state index contributed by atoms with van der Waals surface area (Å²) in [4.78, 5) is 47.0. The van der Waals surface area contributed by atoms with Crippen molar-refractivity contribution in [2.45, 2.75) is 44.5 Å². The number of aryl methyl sites for hydroxylation is 2. The van der Waals surface area contributed by atoms with Gasteiger partial charge in [-0.15, -0.1) is 8.97 Å². The number of carbonyl (C=O) groups is 3. The number of nitrogens with one attached hydrogen (secondary N) is 1. The molecule has 7 N–H and O–H groups in total. The first-order valence-corrected chi connectivity index (χ1v) is 16.3. The van der Waals surface area contributed by atoms with Crippen LogP contribution in [-0.4, -0.2) is 87.1 Å². The monoisotopic (exact) mass is 715 g/mol. The number of halogens is 1. The maximum absolute atomic E-state index is 13.3. The van der Waals surface area contributed by atoms with Crippen molar-refractivity contribution in [2.24, 2.45) is 17.9 Å². The van der Waals surface area contributed by atoms with Gasteiger partial charge in [-0.1, -0.05) is 40.2 Å². The first kappa shape index (κ1) is 35.5. The molecule has 0 aliphatic carbocycles. The maximum Gasteiger partial charge on any atom is 0.418 e. The standard InChI is InChI=1S/C26H31ClN8O10S2/c1-26(2)20(23(37)35(26)45-47(40,41)42)31-22(36)19(18-21(27)46-25(29)30-18)32-44-17(24(38)39)13-43-16-7-5-14(6-8-16)15-11-33(3)34(12-15)10-4-9-28/h5-8,11-12,17,20H,4,9-10,13,28H2,1-3H3,(H4-,29,30,31,36,38,39,40,41,42)/p+1/b32-19-/t17-,20?/m0/s1.